The number of hydrogen-bond acceptors (Lipinski definition) is 6. The normalized spacial score (nSPS) is 23.0. The molecule has 2 aliphatic heterocycles. The number of rotatable bonds is 5. The lowest BCUT2D eigenvalue weighted by molar-refractivity contribution is -0.384. The van der Waals surface area contributed by atoms with E-state index in [4.69, 9.17) is 4.74 Å². The van der Waals surface area contributed by atoms with E-state index in [9.17, 15) is 14.9 Å². The summed E-state index contributed by atoms with van der Waals surface area (Å²) in [6.07, 6.45) is 5.52. The predicted molar refractivity (Wildman–Crippen MR) is 127 cm³/mol. The van der Waals surface area contributed by atoms with E-state index in [1.54, 1.807) is 19.2 Å². The maximum absolute atomic E-state index is 13.5. The van der Waals surface area contributed by atoms with Gasteiger partial charge in [0.1, 0.15) is 5.75 Å². The second kappa shape index (κ2) is 9.02. The van der Waals surface area contributed by atoms with Crippen molar-refractivity contribution in [2.75, 3.05) is 37.0 Å². The summed E-state index contributed by atoms with van der Waals surface area (Å²) >= 11 is 0. The van der Waals surface area contributed by atoms with Crippen LogP contribution in [0.25, 0.3) is 0 Å². The van der Waals surface area contributed by atoms with Gasteiger partial charge in [0.05, 0.1) is 24.0 Å². The quantitative estimate of drug-likeness (QED) is 0.550. The molecule has 5 rings (SSSR count). The molecule has 0 spiro atoms. The molecule has 2 heterocycles. The number of nitro groups is 1. The molecule has 8 heteroatoms. The number of nitrogens with zero attached hydrogens (tertiary/aromatic N) is 3. The summed E-state index contributed by atoms with van der Waals surface area (Å²) in [5.74, 6) is 0.336. The number of methoxy groups -OCH3 is 1. The molecule has 0 radical (unpaired) electrons. The van der Waals surface area contributed by atoms with Crippen molar-refractivity contribution in [3.05, 3.63) is 58.1 Å². The van der Waals surface area contributed by atoms with Gasteiger partial charge in [-0.15, -0.1) is 0 Å². The Kier molecular flexibility index (Phi) is 5.93. The van der Waals surface area contributed by atoms with Crippen LogP contribution in [0, 0.1) is 16.0 Å². The van der Waals surface area contributed by atoms with Crippen LogP contribution in [0.2, 0.25) is 0 Å². The molecule has 33 heavy (non-hydrogen) atoms. The zero-order valence-corrected chi connectivity index (χ0v) is 18.9. The van der Waals surface area contributed by atoms with Crippen LogP contribution in [0.3, 0.4) is 0 Å². The Morgan fingerprint density at radius 2 is 1.97 bits per heavy atom. The number of hydrogen-bond donors (Lipinski definition) is 1. The lowest BCUT2D eigenvalue weighted by atomic mass is 9.82. The van der Waals surface area contributed by atoms with E-state index in [-0.39, 0.29) is 28.5 Å². The zero-order chi connectivity index (χ0) is 22.9. The van der Waals surface area contributed by atoms with Crippen molar-refractivity contribution < 1.29 is 14.5 Å². The summed E-state index contributed by atoms with van der Waals surface area (Å²) in [4.78, 5) is 29.4. The van der Waals surface area contributed by atoms with Gasteiger partial charge in [0.25, 0.3) is 5.69 Å². The molecule has 2 unspecified atom stereocenters. The second-order valence-electron chi connectivity index (χ2n) is 9.30. The number of non-ortho nitro benzene ring substituents is 1. The fourth-order valence-electron chi connectivity index (χ4n) is 5.78. The molecule has 2 fully saturated rings. The Balaban J connectivity index is 1.45. The fourth-order valence-corrected chi connectivity index (χ4v) is 5.78. The van der Waals surface area contributed by atoms with Gasteiger partial charge in [-0.05, 0) is 43.0 Å². The molecule has 1 aliphatic carbocycles. The number of carbonyl (C=O) groups excluding carboxylic acids is 1. The van der Waals surface area contributed by atoms with E-state index in [2.05, 4.69) is 15.1 Å². The number of carbonyl (C=O) groups is 1. The summed E-state index contributed by atoms with van der Waals surface area (Å²) in [5, 5.41) is 14.4. The van der Waals surface area contributed by atoms with E-state index in [0.717, 1.165) is 30.9 Å². The third-order valence-corrected chi connectivity index (χ3v) is 7.45. The number of ether oxygens (including phenoxy) is 1. The first-order chi connectivity index (χ1) is 16.0. The topological polar surface area (TPSA) is 87.9 Å². The van der Waals surface area contributed by atoms with Crippen molar-refractivity contribution in [1.82, 2.24) is 4.90 Å². The Bertz CT molecular complexity index is 1050. The van der Waals surface area contributed by atoms with Gasteiger partial charge in [0.2, 0.25) is 5.91 Å². The minimum atomic E-state index is -0.365. The van der Waals surface area contributed by atoms with Crippen LogP contribution in [0.1, 0.15) is 31.2 Å². The first-order valence-electron chi connectivity index (χ1n) is 11.8. The molecule has 1 amide bonds. The van der Waals surface area contributed by atoms with Crippen LogP contribution in [-0.4, -0.2) is 54.6 Å². The lowest BCUT2D eigenvalue weighted by Crippen LogP contribution is -2.61. The summed E-state index contributed by atoms with van der Waals surface area (Å²) in [6.45, 7) is 2.63. The van der Waals surface area contributed by atoms with Crippen LogP contribution >= 0.6 is 0 Å². The number of piperazine rings is 1. The number of anilines is 2. The molecule has 1 saturated carbocycles. The Labute approximate surface area is 193 Å². The van der Waals surface area contributed by atoms with Gasteiger partial charge in [-0.3, -0.25) is 19.8 Å². The third kappa shape index (κ3) is 4.27. The van der Waals surface area contributed by atoms with Crippen LogP contribution in [-0.2, 0) is 11.2 Å². The van der Waals surface area contributed by atoms with Crippen LogP contribution in [0.15, 0.2) is 42.5 Å². The molecule has 1 saturated heterocycles. The summed E-state index contributed by atoms with van der Waals surface area (Å²) in [5.41, 5.74) is 2.67. The van der Waals surface area contributed by atoms with Crippen molar-refractivity contribution in [1.29, 1.82) is 0 Å². The molecular weight excluding hydrogens is 420 g/mol. The number of benzene rings is 2. The number of nitrogens with one attached hydrogen (secondary N) is 1. The van der Waals surface area contributed by atoms with Gasteiger partial charge < -0.3 is 15.0 Å². The standard InChI is InChI=1S/C25H30N4O4/c1-33-21-8-4-5-18(15-21)26-25(30)22-14-17-13-20(29(31)32)9-10-23(17)28-12-11-27(16-24(22)28)19-6-2-3-7-19/h4-5,8-10,13,15,19,22,24H,2-3,6-7,11-12,14,16H2,1H3,(H,26,30). The third-order valence-electron chi connectivity index (χ3n) is 7.45. The highest BCUT2D eigenvalue weighted by molar-refractivity contribution is 5.94. The molecule has 174 valence electrons. The predicted octanol–water partition coefficient (Wildman–Crippen LogP) is 3.85. The van der Waals surface area contributed by atoms with Gasteiger partial charge in [-0.2, -0.15) is 0 Å². The van der Waals surface area contributed by atoms with Crippen molar-refractivity contribution >= 4 is 23.0 Å². The average molecular weight is 451 g/mol. The van der Waals surface area contributed by atoms with E-state index in [1.807, 2.05) is 30.3 Å². The SMILES string of the molecule is COc1cccc(NC(=O)C2Cc3cc([N+](=O)[O-])ccc3N3CCN(C4CCCC4)CC23)c1. The molecule has 0 aromatic heterocycles. The van der Waals surface area contributed by atoms with Crippen LogP contribution < -0.4 is 15.0 Å². The first-order valence-corrected chi connectivity index (χ1v) is 11.8. The van der Waals surface area contributed by atoms with Crippen molar-refractivity contribution in [3.63, 3.8) is 0 Å². The summed E-state index contributed by atoms with van der Waals surface area (Å²) in [7, 11) is 1.60. The van der Waals surface area contributed by atoms with E-state index < -0.39 is 0 Å². The van der Waals surface area contributed by atoms with Gasteiger partial charge in [-0.1, -0.05) is 18.9 Å². The summed E-state index contributed by atoms with van der Waals surface area (Å²) in [6, 6.07) is 13.1. The van der Waals surface area contributed by atoms with Gasteiger partial charge in [-0.25, -0.2) is 0 Å². The highest BCUT2D eigenvalue weighted by Crippen LogP contribution is 2.39. The molecule has 3 aliphatic rings. The van der Waals surface area contributed by atoms with Crippen molar-refractivity contribution in [2.45, 2.75) is 44.2 Å². The fraction of sp³-hybridized carbons (Fsp3) is 0.480. The van der Waals surface area contributed by atoms with E-state index >= 15 is 0 Å². The maximum Gasteiger partial charge on any atom is 0.269 e. The number of fused-ring (bicyclic) bond motifs is 3. The van der Waals surface area contributed by atoms with Crippen molar-refractivity contribution in [3.8, 4) is 5.75 Å². The van der Waals surface area contributed by atoms with Crippen LogP contribution in [0.4, 0.5) is 17.1 Å². The lowest BCUT2D eigenvalue weighted by Gasteiger charge is -2.50. The monoisotopic (exact) mass is 450 g/mol. The highest BCUT2D eigenvalue weighted by atomic mass is 16.6. The smallest absolute Gasteiger partial charge is 0.269 e. The van der Waals surface area contributed by atoms with Gasteiger partial charge in [0, 0.05) is 55.2 Å². The Morgan fingerprint density at radius 1 is 1.15 bits per heavy atom. The Hall–Kier alpha value is -3.13. The molecule has 1 N–H and O–H groups in total. The molecule has 2 aromatic rings. The molecule has 8 nitrogen and oxygen atoms in total. The minimum absolute atomic E-state index is 0.0407. The maximum atomic E-state index is 13.5. The van der Waals surface area contributed by atoms with Gasteiger partial charge >= 0.3 is 0 Å². The molecular formula is C25H30N4O4. The summed E-state index contributed by atoms with van der Waals surface area (Å²) < 4.78 is 5.29. The average Bonchev–Trinajstić information content (AvgIpc) is 3.38. The van der Waals surface area contributed by atoms with E-state index in [1.165, 1.54) is 25.7 Å². The minimum Gasteiger partial charge on any atom is -0.497 e. The molecule has 0 bridgehead atoms. The zero-order valence-electron chi connectivity index (χ0n) is 18.9. The highest BCUT2D eigenvalue weighted by Gasteiger charge is 2.43. The molecule has 2 atom stereocenters. The molecule has 2 aromatic carbocycles. The second-order valence-corrected chi connectivity index (χ2v) is 9.30. The first kappa shape index (κ1) is 21.7. The largest absolute Gasteiger partial charge is 0.497 e. The Morgan fingerprint density at radius 3 is 2.73 bits per heavy atom. The van der Waals surface area contributed by atoms with Gasteiger partial charge in [0.15, 0.2) is 0 Å². The van der Waals surface area contributed by atoms with E-state index in [0.29, 0.717) is 23.9 Å². The van der Waals surface area contributed by atoms with Crippen LogP contribution in [0.5, 0.6) is 5.75 Å². The number of amides is 1. The van der Waals surface area contributed by atoms with Crippen molar-refractivity contribution in [2.24, 2.45) is 5.92 Å². The number of nitro benzene ring substituents is 1.